The van der Waals surface area contributed by atoms with E-state index in [0.717, 1.165) is 28.1 Å². The molecule has 2 heterocycles. The van der Waals surface area contributed by atoms with Crippen molar-refractivity contribution in [1.29, 1.82) is 0 Å². The molecule has 3 aromatic rings. The van der Waals surface area contributed by atoms with Crippen molar-refractivity contribution in [3.63, 3.8) is 0 Å². The van der Waals surface area contributed by atoms with Gasteiger partial charge in [-0.25, -0.2) is 4.52 Å². The summed E-state index contributed by atoms with van der Waals surface area (Å²) in [4.78, 5) is 4.11. The van der Waals surface area contributed by atoms with Crippen LogP contribution in [0, 0.1) is 0 Å². The van der Waals surface area contributed by atoms with E-state index in [1.54, 1.807) is 23.1 Å². The Bertz CT molecular complexity index is 707. The normalized spacial score (nSPS) is 12.7. The molecule has 0 spiro atoms. The number of aromatic nitrogens is 3. The van der Waals surface area contributed by atoms with E-state index in [1.807, 2.05) is 30.5 Å². The summed E-state index contributed by atoms with van der Waals surface area (Å²) in [6.45, 7) is 0. The fraction of sp³-hybridized carbons (Fsp3) is 0.143. The molecule has 1 aromatic carbocycles. The first-order chi connectivity index (χ1) is 9.24. The third kappa shape index (κ3) is 2.45. The zero-order valence-electron chi connectivity index (χ0n) is 10.2. The van der Waals surface area contributed by atoms with E-state index in [9.17, 15) is 0 Å². The minimum absolute atomic E-state index is 0.125. The number of halogens is 1. The molecule has 1 atom stereocenters. The zero-order chi connectivity index (χ0) is 13.2. The zero-order valence-corrected chi connectivity index (χ0v) is 11.0. The highest BCUT2D eigenvalue weighted by Crippen LogP contribution is 2.21. The lowest BCUT2D eigenvalue weighted by molar-refractivity contribution is 0.727. The fourth-order valence-electron chi connectivity index (χ4n) is 2.17. The number of nitrogens with two attached hydrogens (primary N) is 1. The second kappa shape index (κ2) is 4.99. The van der Waals surface area contributed by atoms with Crippen LogP contribution >= 0.6 is 11.6 Å². The van der Waals surface area contributed by atoms with Crippen LogP contribution in [0.25, 0.3) is 5.52 Å². The average Bonchev–Trinajstić information content (AvgIpc) is 2.82. The van der Waals surface area contributed by atoms with Crippen LogP contribution in [0.5, 0.6) is 0 Å². The molecule has 2 aromatic heterocycles. The van der Waals surface area contributed by atoms with Crippen LogP contribution < -0.4 is 5.73 Å². The van der Waals surface area contributed by atoms with Crippen LogP contribution in [-0.2, 0) is 6.42 Å². The summed E-state index contributed by atoms with van der Waals surface area (Å²) in [7, 11) is 0. The molecule has 0 amide bonds. The molecule has 19 heavy (non-hydrogen) atoms. The summed E-state index contributed by atoms with van der Waals surface area (Å²) in [5.74, 6) is 0. The van der Waals surface area contributed by atoms with Gasteiger partial charge >= 0.3 is 0 Å². The van der Waals surface area contributed by atoms with Crippen molar-refractivity contribution in [2.75, 3.05) is 0 Å². The van der Waals surface area contributed by atoms with Crippen LogP contribution in [0.1, 0.15) is 17.2 Å². The third-order valence-electron chi connectivity index (χ3n) is 3.10. The maximum absolute atomic E-state index is 6.26. The second-order valence-corrected chi connectivity index (χ2v) is 4.88. The standard InChI is InChI=1S/C14H13ClN4/c15-11-3-1-2-10(6-11)7-13(16)12-8-18-19-5-4-17-9-14(12)19/h1-6,8-9,13H,7,16H2. The van der Waals surface area contributed by atoms with Gasteiger partial charge in [-0.05, 0) is 24.1 Å². The van der Waals surface area contributed by atoms with Crippen molar-refractivity contribution in [3.05, 3.63) is 65.2 Å². The maximum Gasteiger partial charge on any atom is 0.0892 e. The van der Waals surface area contributed by atoms with Gasteiger partial charge in [-0.2, -0.15) is 5.10 Å². The first kappa shape index (κ1) is 12.1. The minimum Gasteiger partial charge on any atom is -0.324 e. The molecule has 0 aliphatic rings. The molecular weight excluding hydrogens is 260 g/mol. The Morgan fingerprint density at radius 3 is 3.05 bits per heavy atom. The summed E-state index contributed by atoms with van der Waals surface area (Å²) in [5.41, 5.74) is 9.31. The third-order valence-corrected chi connectivity index (χ3v) is 3.33. The smallest absolute Gasteiger partial charge is 0.0892 e. The van der Waals surface area contributed by atoms with Gasteiger partial charge in [-0.3, -0.25) is 4.98 Å². The molecule has 0 fully saturated rings. The number of fused-ring (bicyclic) bond motifs is 1. The van der Waals surface area contributed by atoms with Gasteiger partial charge in [-0.15, -0.1) is 0 Å². The van der Waals surface area contributed by atoms with E-state index in [4.69, 9.17) is 17.3 Å². The van der Waals surface area contributed by atoms with Crippen molar-refractivity contribution < 1.29 is 0 Å². The van der Waals surface area contributed by atoms with Gasteiger partial charge in [0.15, 0.2) is 0 Å². The molecule has 96 valence electrons. The quantitative estimate of drug-likeness (QED) is 0.797. The lowest BCUT2D eigenvalue weighted by Gasteiger charge is -2.10. The number of hydrogen-bond donors (Lipinski definition) is 1. The molecule has 1 unspecified atom stereocenters. The summed E-state index contributed by atoms with van der Waals surface area (Å²) >= 11 is 5.98. The molecule has 0 saturated heterocycles. The second-order valence-electron chi connectivity index (χ2n) is 4.45. The highest BCUT2D eigenvalue weighted by Gasteiger charge is 2.13. The highest BCUT2D eigenvalue weighted by molar-refractivity contribution is 6.30. The molecule has 3 rings (SSSR count). The van der Waals surface area contributed by atoms with Crippen LogP contribution in [0.3, 0.4) is 0 Å². The van der Waals surface area contributed by atoms with Gasteiger partial charge in [0.05, 0.1) is 17.9 Å². The van der Waals surface area contributed by atoms with Gasteiger partial charge < -0.3 is 5.73 Å². The molecule has 0 aliphatic heterocycles. The van der Waals surface area contributed by atoms with E-state index in [2.05, 4.69) is 10.1 Å². The molecule has 0 aliphatic carbocycles. The van der Waals surface area contributed by atoms with Crippen LogP contribution in [-0.4, -0.2) is 14.6 Å². The monoisotopic (exact) mass is 272 g/mol. The van der Waals surface area contributed by atoms with Crippen LogP contribution in [0.15, 0.2) is 49.1 Å². The summed E-state index contributed by atoms with van der Waals surface area (Å²) in [5, 5.41) is 5.00. The number of nitrogens with zero attached hydrogens (tertiary/aromatic N) is 3. The molecule has 2 N–H and O–H groups in total. The Hall–Kier alpha value is -1.91. The lowest BCUT2D eigenvalue weighted by atomic mass is 10.0. The maximum atomic E-state index is 6.26. The summed E-state index contributed by atoms with van der Waals surface area (Å²) < 4.78 is 1.78. The first-order valence-corrected chi connectivity index (χ1v) is 6.39. The Kier molecular flexibility index (Phi) is 3.19. The molecule has 0 saturated carbocycles. The Morgan fingerprint density at radius 2 is 2.21 bits per heavy atom. The predicted molar refractivity (Wildman–Crippen MR) is 75.1 cm³/mol. The van der Waals surface area contributed by atoms with Crippen molar-refractivity contribution >= 4 is 17.1 Å². The molecule has 5 heteroatoms. The summed E-state index contributed by atoms with van der Waals surface area (Å²) in [6.07, 6.45) is 7.81. The van der Waals surface area contributed by atoms with Crippen molar-refractivity contribution in [3.8, 4) is 0 Å². The van der Waals surface area contributed by atoms with Gasteiger partial charge in [0.2, 0.25) is 0 Å². The number of benzene rings is 1. The predicted octanol–water partition coefficient (Wildman–Crippen LogP) is 2.63. The molecule has 0 radical (unpaired) electrons. The van der Waals surface area contributed by atoms with E-state index < -0.39 is 0 Å². The topological polar surface area (TPSA) is 56.2 Å². The van der Waals surface area contributed by atoms with Crippen molar-refractivity contribution in [2.24, 2.45) is 5.73 Å². The first-order valence-electron chi connectivity index (χ1n) is 6.01. The van der Waals surface area contributed by atoms with Gasteiger partial charge in [0.25, 0.3) is 0 Å². The van der Waals surface area contributed by atoms with Crippen molar-refractivity contribution in [2.45, 2.75) is 12.5 Å². The SMILES string of the molecule is NC(Cc1cccc(Cl)c1)c1cnn2ccncc12. The number of hydrogen-bond acceptors (Lipinski definition) is 3. The minimum atomic E-state index is -0.125. The fourth-order valence-corrected chi connectivity index (χ4v) is 2.38. The Morgan fingerprint density at radius 1 is 1.32 bits per heavy atom. The van der Waals surface area contributed by atoms with Crippen LogP contribution in [0.4, 0.5) is 0 Å². The molecule has 4 nitrogen and oxygen atoms in total. The van der Waals surface area contributed by atoms with E-state index in [0.29, 0.717) is 0 Å². The van der Waals surface area contributed by atoms with Crippen LogP contribution in [0.2, 0.25) is 5.02 Å². The van der Waals surface area contributed by atoms with E-state index >= 15 is 0 Å². The van der Waals surface area contributed by atoms with Crippen molar-refractivity contribution in [1.82, 2.24) is 14.6 Å². The van der Waals surface area contributed by atoms with E-state index in [-0.39, 0.29) is 6.04 Å². The van der Waals surface area contributed by atoms with Gasteiger partial charge in [-0.1, -0.05) is 23.7 Å². The Labute approximate surface area is 115 Å². The lowest BCUT2D eigenvalue weighted by Crippen LogP contribution is -2.13. The van der Waals surface area contributed by atoms with Gasteiger partial charge in [0.1, 0.15) is 0 Å². The highest BCUT2D eigenvalue weighted by atomic mass is 35.5. The molecular formula is C14H13ClN4. The summed E-state index contributed by atoms with van der Waals surface area (Å²) in [6, 6.07) is 7.62. The average molecular weight is 273 g/mol. The molecule has 0 bridgehead atoms. The Balaban J connectivity index is 1.90. The largest absolute Gasteiger partial charge is 0.324 e. The van der Waals surface area contributed by atoms with E-state index in [1.165, 1.54) is 0 Å². The number of rotatable bonds is 3. The van der Waals surface area contributed by atoms with Gasteiger partial charge in [0, 0.05) is 29.0 Å².